The standard InChI is InChI=1S/C17H14BrN5O2/c1-25-16-8-3-13(18)10-12(16)2-9-17(24)20-14-4-6-15(7-5-14)23-11-19-21-22-23/h2-11H,1H3,(H,20,24)/b9-2+. The number of methoxy groups -OCH3 is 1. The highest BCUT2D eigenvalue weighted by Crippen LogP contribution is 2.24. The maximum Gasteiger partial charge on any atom is 0.248 e. The van der Waals surface area contributed by atoms with E-state index in [9.17, 15) is 4.79 Å². The smallest absolute Gasteiger partial charge is 0.248 e. The summed E-state index contributed by atoms with van der Waals surface area (Å²) in [7, 11) is 1.59. The average Bonchev–Trinajstić information content (AvgIpc) is 3.15. The predicted octanol–water partition coefficient (Wildman–Crippen LogP) is 3.09. The molecule has 1 heterocycles. The molecule has 1 amide bonds. The van der Waals surface area contributed by atoms with E-state index in [1.54, 1.807) is 25.3 Å². The summed E-state index contributed by atoms with van der Waals surface area (Å²) < 4.78 is 7.72. The molecule has 3 rings (SSSR count). The van der Waals surface area contributed by atoms with Crippen molar-refractivity contribution < 1.29 is 9.53 Å². The van der Waals surface area contributed by atoms with E-state index in [1.165, 1.54) is 17.1 Å². The highest BCUT2D eigenvalue weighted by atomic mass is 79.9. The van der Waals surface area contributed by atoms with Gasteiger partial charge in [0.1, 0.15) is 12.1 Å². The van der Waals surface area contributed by atoms with Gasteiger partial charge in [-0.2, -0.15) is 0 Å². The van der Waals surface area contributed by atoms with Gasteiger partial charge in [0.05, 0.1) is 12.8 Å². The zero-order valence-corrected chi connectivity index (χ0v) is 14.8. The number of carbonyl (C=O) groups excluding carboxylic acids is 1. The van der Waals surface area contributed by atoms with Crippen molar-refractivity contribution in [2.24, 2.45) is 0 Å². The van der Waals surface area contributed by atoms with Crippen LogP contribution in [0, 0.1) is 0 Å². The lowest BCUT2D eigenvalue weighted by Gasteiger charge is -2.06. The van der Waals surface area contributed by atoms with Crippen LogP contribution in [0.2, 0.25) is 0 Å². The van der Waals surface area contributed by atoms with Crippen molar-refractivity contribution in [1.82, 2.24) is 20.2 Å². The zero-order valence-electron chi connectivity index (χ0n) is 13.3. The number of hydrogen-bond acceptors (Lipinski definition) is 5. The molecule has 0 aliphatic rings. The van der Waals surface area contributed by atoms with Crippen LogP contribution in [0.4, 0.5) is 5.69 Å². The molecule has 0 aliphatic carbocycles. The Labute approximate surface area is 152 Å². The molecule has 0 spiro atoms. The Morgan fingerprint density at radius 1 is 1.24 bits per heavy atom. The lowest BCUT2D eigenvalue weighted by molar-refractivity contribution is -0.111. The Balaban J connectivity index is 1.67. The highest BCUT2D eigenvalue weighted by Gasteiger charge is 2.03. The quantitative estimate of drug-likeness (QED) is 0.666. The first-order valence-corrected chi connectivity index (χ1v) is 8.11. The maximum absolute atomic E-state index is 12.1. The Morgan fingerprint density at radius 3 is 2.72 bits per heavy atom. The topological polar surface area (TPSA) is 81.9 Å². The van der Waals surface area contributed by atoms with E-state index in [2.05, 4.69) is 36.8 Å². The SMILES string of the molecule is COc1ccc(Br)cc1/C=C/C(=O)Nc1ccc(-n2cnnn2)cc1. The summed E-state index contributed by atoms with van der Waals surface area (Å²) >= 11 is 3.40. The molecule has 0 aliphatic heterocycles. The van der Waals surface area contributed by atoms with E-state index in [-0.39, 0.29) is 5.91 Å². The molecule has 0 saturated carbocycles. The van der Waals surface area contributed by atoms with Crippen LogP contribution in [-0.4, -0.2) is 33.2 Å². The van der Waals surface area contributed by atoms with Crippen molar-refractivity contribution in [3.8, 4) is 11.4 Å². The van der Waals surface area contributed by atoms with E-state index in [0.717, 1.165) is 15.7 Å². The molecule has 0 bridgehead atoms. The van der Waals surface area contributed by atoms with Gasteiger partial charge in [-0.15, -0.1) is 5.10 Å². The summed E-state index contributed by atoms with van der Waals surface area (Å²) in [5.74, 6) is 0.454. The Morgan fingerprint density at radius 2 is 2.04 bits per heavy atom. The van der Waals surface area contributed by atoms with Crippen LogP contribution >= 0.6 is 15.9 Å². The van der Waals surface area contributed by atoms with Gasteiger partial charge in [0.2, 0.25) is 5.91 Å². The Hall–Kier alpha value is -3.00. The third kappa shape index (κ3) is 4.30. The molecular weight excluding hydrogens is 386 g/mol. The fraction of sp³-hybridized carbons (Fsp3) is 0.0588. The monoisotopic (exact) mass is 399 g/mol. The van der Waals surface area contributed by atoms with Crippen molar-refractivity contribution in [2.75, 3.05) is 12.4 Å². The van der Waals surface area contributed by atoms with E-state index < -0.39 is 0 Å². The van der Waals surface area contributed by atoms with Crippen LogP contribution in [0.5, 0.6) is 5.75 Å². The fourth-order valence-electron chi connectivity index (χ4n) is 2.16. The maximum atomic E-state index is 12.1. The van der Waals surface area contributed by atoms with Crippen molar-refractivity contribution >= 4 is 33.6 Å². The minimum Gasteiger partial charge on any atom is -0.496 e. The average molecular weight is 400 g/mol. The fourth-order valence-corrected chi connectivity index (χ4v) is 2.54. The number of amides is 1. The first-order valence-electron chi connectivity index (χ1n) is 7.32. The number of tetrazole rings is 1. The van der Waals surface area contributed by atoms with E-state index in [0.29, 0.717) is 11.4 Å². The van der Waals surface area contributed by atoms with Crippen LogP contribution in [-0.2, 0) is 4.79 Å². The van der Waals surface area contributed by atoms with Gasteiger partial charge in [-0.1, -0.05) is 15.9 Å². The third-order valence-electron chi connectivity index (χ3n) is 3.35. The van der Waals surface area contributed by atoms with Crippen LogP contribution in [0.15, 0.2) is 59.3 Å². The molecular formula is C17H14BrN5O2. The van der Waals surface area contributed by atoms with Gasteiger partial charge in [0.15, 0.2) is 0 Å². The van der Waals surface area contributed by atoms with Gasteiger partial charge >= 0.3 is 0 Å². The van der Waals surface area contributed by atoms with E-state index in [1.807, 2.05) is 30.3 Å². The number of rotatable bonds is 5. The van der Waals surface area contributed by atoms with Gasteiger partial charge in [-0.05, 0) is 59.0 Å². The largest absolute Gasteiger partial charge is 0.496 e. The molecule has 0 radical (unpaired) electrons. The molecule has 0 unspecified atom stereocenters. The van der Waals surface area contributed by atoms with Crippen LogP contribution in [0.3, 0.4) is 0 Å². The number of ether oxygens (including phenoxy) is 1. The normalized spacial score (nSPS) is 10.8. The highest BCUT2D eigenvalue weighted by molar-refractivity contribution is 9.10. The molecule has 25 heavy (non-hydrogen) atoms. The van der Waals surface area contributed by atoms with E-state index >= 15 is 0 Å². The molecule has 1 aromatic heterocycles. The van der Waals surface area contributed by atoms with Crippen molar-refractivity contribution in [3.05, 3.63) is 64.9 Å². The first-order chi connectivity index (χ1) is 12.2. The molecule has 7 nitrogen and oxygen atoms in total. The number of anilines is 1. The van der Waals surface area contributed by atoms with Gasteiger partial charge in [-0.25, -0.2) is 4.68 Å². The van der Waals surface area contributed by atoms with Crippen molar-refractivity contribution in [3.63, 3.8) is 0 Å². The molecule has 0 fully saturated rings. The molecule has 3 aromatic rings. The van der Waals surface area contributed by atoms with Gasteiger partial charge in [0.25, 0.3) is 0 Å². The molecule has 8 heteroatoms. The number of nitrogens with one attached hydrogen (secondary N) is 1. The summed E-state index contributed by atoms with van der Waals surface area (Å²) in [6.07, 6.45) is 4.66. The predicted molar refractivity (Wildman–Crippen MR) is 97.5 cm³/mol. The van der Waals surface area contributed by atoms with Gasteiger partial charge in [-0.3, -0.25) is 4.79 Å². The van der Waals surface area contributed by atoms with Crippen molar-refractivity contribution in [1.29, 1.82) is 0 Å². The van der Waals surface area contributed by atoms with Crippen molar-refractivity contribution in [2.45, 2.75) is 0 Å². The number of benzene rings is 2. The summed E-state index contributed by atoms with van der Waals surface area (Å²) in [6.45, 7) is 0. The molecule has 1 N–H and O–H groups in total. The number of carbonyl (C=O) groups is 1. The van der Waals surface area contributed by atoms with Crippen LogP contribution in [0.25, 0.3) is 11.8 Å². The second-order valence-electron chi connectivity index (χ2n) is 5.01. The summed E-state index contributed by atoms with van der Waals surface area (Å²) in [5, 5.41) is 13.8. The first kappa shape index (κ1) is 16.8. The number of nitrogens with zero attached hydrogens (tertiary/aromatic N) is 4. The Bertz CT molecular complexity index is 892. The summed E-state index contributed by atoms with van der Waals surface area (Å²) in [5.41, 5.74) is 2.28. The third-order valence-corrected chi connectivity index (χ3v) is 3.85. The van der Waals surface area contributed by atoms with Crippen LogP contribution in [0.1, 0.15) is 5.56 Å². The minimum atomic E-state index is -0.239. The molecule has 0 saturated heterocycles. The number of halogens is 1. The second kappa shape index (κ2) is 7.71. The minimum absolute atomic E-state index is 0.239. The van der Waals surface area contributed by atoms with E-state index in [4.69, 9.17) is 4.74 Å². The second-order valence-corrected chi connectivity index (χ2v) is 5.93. The Kier molecular flexibility index (Phi) is 5.20. The number of aromatic nitrogens is 4. The molecule has 0 atom stereocenters. The number of hydrogen-bond donors (Lipinski definition) is 1. The van der Waals surface area contributed by atoms with Gasteiger partial charge < -0.3 is 10.1 Å². The lowest BCUT2D eigenvalue weighted by atomic mass is 10.2. The molecule has 126 valence electrons. The summed E-state index contributed by atoms with van der Waals surface area (Å²) in [4.78, 5) is 12.1. The van der Waals surface area contributed by atoms with Gasteiger partial charge in [0, 0.05) is 21.8 Å². The zero-order chi connectivity index (χ0) is 17.6. The molecule has 2 aromatic carbocycles. The van der Waals surface area contributed by atoms with Crippen LogP contribution < -0.4 is 10.1 Å². The lowest BCUT2D eigenvalue weighted by Crippen LogP contribution is -2.07. The summed E-state index contributed by atoms with van der Waals surface area (Å²) in [6, 6.07) is 12.8.